The van der Waals surface area contributed by atoms with E-state index >= 15 is 0 Å². The maximum atomic E-state index is 9.50. The summed E-state index contributed by atoms with van der Waals surface area (Å²) in [4.78, 5) is 5.01. The molecule has 0 unspecified atom stereocenters. The lowest BCUT2D eigenvalue weighted by Crippen LogP contribution is -1.95. The molecule has 0 atom stereocenters. The van der Waals surface area contributed by atoms with E-state index in [9.17, 15) is 5.26 Å². The van der Waals surface area contributed by atoms with Gasteiger partial charge >= 0.3 is 0 Å². The van der Waals surface area contributed by atoms with Crippen molar-refractivity contribution in [3.63, 3.8) is 0 Å². The summed E-state index contributed by atoms with van der Waals surface area (Å²) in [7, 11) is 0. The third-order valence-corrected chi connectivity index (χ3v) is 8.44. The Hall–Kier alpha value is -5.92. The molecule has 0 spiro atoms. The van der Waals surface area contributed by atoms with Gasteiger partial charge in [0.15, 0.2) is 0 Å². The molecule has 0 radical (unpaired) electrons. The van der Waals surface area contributed by atoms with Crippen molar-refractivity contribution < 1.29 is 4.42 Å². The number of benzene rings is 6. The second-order valence-corrected chi connectivity index (χ2v) is 10.7. The Labute approximate surface area is 240 Å². The number of nitrogens with zero attached hydrogens (tertiary/aromatic N) is 3. The maximum absolute atomic E-state index is 9.50. The summed E-state index contributed by atoms with van der Waals surface area (Å²) in [5, 5.41) is 18.6. The second-order valence-electron chi connectivity index (χ2n) is 10.7. The fourth-order valence-electron chi connectivity index (χ4n) is 6.58. The van der Waals surface area contributed by atoms with Crippen molar-refractivity contribution in [2.24, 2.45) is 0 Å². The predicted molar refractivity (Wildman–Crippen MR) is 171 cm³/mol. The van der Waals surface area contributed by atoms with Crippen LogP contribution in [0.3, 0.4) is 0 Å². The number of furan rings is 1. The monoisotopic (exact) mass is 535 g/mol. The standard InChI is InChI=1S/C38H21N3O/c39-21-23-13-17-34-30(19-23)29-11-5-6-12-33(29)41(34)26-15-16-32(40-22-26)31-20-25-8-2-4-10-28(25)37-36-27-9-3-1-7-24(27)14-18-35(36)42-38(31)37/h1-20,22H. The molecule has 6 aromatic carbocycles. The molecule has 0 aliphatic carbocycles. The zero-order valence-corrected chi connectivity index (χ0v) is 22.4. The minimum absolute atomic E-state index is 0.651. The van der Waals surface area contributed by atoms with Crippen LogP contribution in [0.2, 0.25) is 0 Å². The van der Waals surface area contributed by atoms with Crippen LogP contribution in [-0.2, 0) is 0 Å². The molecule has 0 amide bonds. The van der Waals surface area contributed by atoms with Crippen molar-refractivity contribution in [3.8, 4) is 23.0 Å². The highest BCUT2D eigenvalue weighted by Crippen LogP contribution is 2.43. The molecular weight excluding hydrogens is 514 g/mol. The number of rotatable bonds is 2. The third-order valence-electron chi connectivity index (χ3n) is 8.44. The molecule has 0 aliphatic rings. The van der Waals surface area contributed by atoms with Gasteiger partial charge in [-0.3, -0.25) is 4.98 Å². The lowest BCUT2D eigenvalue weighted by Gasteiger charge is -2.10. The summed E-state index contributed by atoms with van der Waals surface area (Å²) < 4.78 is 8.84. The number of pyridine rings is 1. The molecular formula is C38H21N3O. The van der Waals surface area contributed by atoms with Crippen LogP contribution in [0.4, 0.5) is 0 Å². The first-order valence-corrected chi connectivity index (χ1v) is 13.9. The highest BCUT2D eigenvalue weighted by atomic mass is 16.3. The van der Waals surface area contributed by atoms with Crippen LogP contribution in [0.1, 0.15) is 5.56 Å². The van der Waals surface area contributed by atoms with Crippen LogP contribution < -0.4 is 0 Å². The average Bonchev–Trinajstić information content (AvgIpc) is 3.61. The van der Waals surface area contributed by atoms with E-state index in [-0.39, 0.29) is 0 Å². The third kappa shape index (κ3) is 3.13. The van der Waals surface area contributed by atoms with Gasteiger partial charge in [0.05, 0.1) is 40.2 Å². The topological polar surface area (TPSA) is 54.8 Å². The summed E-state index contributed by atoms with van der Waals surface area (Å²) in [5.41, 5.74) is 7.28. The van der Waals surface area contributed by atoms with E-state index in [4.69, 9.17) is 9.40 Å². The van der Waals surface area contributed by atoms with Gasteiger partial charge in [-0.2, -0.15) is 5.26 Å². The van der Waals surface area contributed by atoms with Gasteiger partial charge in [0, 0.05) is 27.1 Å². The number of para-hydroxylation sites is 1. The van der Waals surface area contributed by atoms with Crippen molar-refractivity contribution in [1.82, 2.24) is 9.55 Å². The molecule has 0 aliphatic heterocycles. The summed E-state index contributed by atoms with van der Waals surface area (Å²) in [5.74, 6) is 0. The Balaban J connectivity index is 1.29. The van der Waals surface area contributed by atoms with Gasteiger partial charge < -0.3 is 8.98 Å². The molecule has 0 saturated heterocycles. The fraction of sp³-hybridized carbons (Fsp3) is 0. The molecule has 194 valence electrons. The SMILES string of the molecule is N#Cc1ccc2c(c1)c1ccccc1n2-c1ccc(-c2cc3ccccc3c3c2oc2ccc4ccccc4c23)nc1. The number of hydrogen-bond acceptors (Lipinski definition) is 3. The zero-order valence-electron chi connectivity index (χ0n) is 22.4. The van der Waals surface area contributed by atoms with Crippen LogP contribution >= 0.6 is 0 Å². The molecule has 0 N–H and O–H groups in total. The highest BCUT2D eigenvalue weighted by Gasteiger charge is 2.19. The van der Waals surface area contributed by atoms with Crippen LogP contribution in [0.5, 0.6) is 0 Å². The van der Waals surface area contributed by atoms with Crippen LogP contribution in [0.25, 0.3) is 82.2 Å². The molecule has 9 rings (SSSR count). The molecule has 3 aromatic heterocycles. The first-order chi connectivity index (χ1) is 20.8. The van der Waals surface area contributed by atoms with Crippen LogP contribution in [0.15, 0.2) is 132 Å². The van der Waals surface area contributed by atoms with Crippen molar-refractivity contribution in [1.29, 1.82) is 5.26 Å². The fourth-order valence-corrected chi connectivity index (χ4v) is 6.58. The first-order valence-electron chi connectivity index (χ1n) is 13.9. The number of fused-ring (bicyclic) bond motifs is 10. The predicted octanol–water partition coefficient (Wildman–Crippen LogP) is 9.92. The van der Waals surface area contributed by atoms with E-state index in [1.165, 1.54) is 16.2 Å². The number of aromatic nitrogens is 2. The second kappa shape index (κ2) is 8.54. The minimum atomic E-state index is 0.651. The molecule has 0 bridgehead atoms. The summed E-state index contributed by atoms with van der Waals surface area (Å²) in [6.45, 7) is 0. The Morgan fingerprint density at radius 2 is 1.36 bits per heavy atom. The summed E-state index contributed by atoms with van der Waals surface area (Å²) >= 11 is 0. The van der Waals surface area contributed by atoms with Gasteiger partial charge in [-0.1, -0.05) is 72.8 Å². The zero-order chi connectivity index (χ0) is 27.8. The van der Waals surface area contributed by atoms with Crippen LogP contribution in [0, 0.1) is 11.3 Å². The van der Waals surface area contributed by atoms with Gasteiger partial charge in [0.2, 0.25) is 0 Å². The number of nitriles is 1. The van der Waals surface area contributed by atoms with E-state index in [1.807, 2.05) is 36.5 Å². The molecule has 0 fully saturated rings. The Bertz CT molecular complexity index is 2580. The van der Waals surface area contributed by atoms with E-state index in [0.29, 0.717) is 5.56 Å². The average molecular weight is 536 g/mol. The first kappa shape index (κ1) is 22.9. The lowest BCUT2D eigenvalue weighted by atomic mass is 9.96. The van der Waals surface area contributed by atoms with Crippen molar-refractivity contribution in [2.75, 3.05) is 0 Å². The van der Waals surface area contributed by atoms with Gasteiger partial charge in [-0.05, 0) is 70.1 Å². The van der Waals surface area contributed by atoms with E-state index < -0.39 is 0 Å². The van der Waals surface area contributed by atoms with E-state index in [1.54, 1.807) is 0 Å². The maximum Gasteiger partial charge on any atom is 0.145 e. The largest absolute Gasteiger partial charge is 0.455 e. The summed E-state index contributed by atoms with van der Waals surface area (Å²) in [6, 6.07) is 44.0. The Kier molecular flexibility index (Phi) is 4.65. The molecule has 4 heteroatoms. The van der Waals surface area contributed by atoms with Gasteiger partial charge in [0.1, 0.15) is 11.2 Å². The van der Waals surface area contributed by atoms with Gasteiger partial charge in [-0.15, -0.1) is 0 Å². The Morgan fingerprint density at radius 1 is 0.619 bits per heavy atom. The van der Waals surface area contributed by atoms with Gasteiger partial charge in [-0.25, -0.2) is 0 Å². The normalized spacial score (nSPS) is 11.8. The van der Waals surface area contributed by atoms with E-state index in [2.05, 4.69) is 102 Å². The summed E-state index contributed by atoms with van der Waals surface area (Å²) in [6.07, 6.45) is 1.93. The smallest absolute Gasteiger partial charge is 0.145 e. The molecule has 0 saturated carbocycles. The van der Waals surface area contributed by atoms with Gasteiger partial charge in [0.25, 0.3) is 0 Å². The van der Waals surface area contributed by atoms with Crippen molar-refractivity contribution in [2.45, 2.75) is 0 Å². The molecule has 4 nitrogen and oxygen atoms in total. The highest BCUT2D eigenvalue weighted by molar-refractivity contribution is 6.28. The Morgan fingerprint density at radius 3 is 2.17 bits per heavy atom. The molecule has 9 aromatic rings. The lowest BCUT2D eigenvalue weighted by molar-refractivity contribution is 0.670. The van der Waals surface area contributed by atoms with Crippen molar-refractivity contribution >= 4 is 65.3 Å². The minimum Gasteiger partial charge on any atom is -0.455 e. The quantitative estimate of drug-likeness (QED) is 0.221. The molecule has 3 heterocycles. The van der Waals surface area contributed by atoms with Crippen molar-refractivity contribution in [3.05, 3.63) is 133 Å². The van der Waals surface area contributed by atoms with E-state index in [0.717, 1.165) is 66.1 Å². The van der Waals surface area contributed by atoms with Crippen LogP contribution in [-0.4, -0.2) is 9.55 Å². The number of hydrogen-bond donors (Lipinski definition) is 0. The molecule has 42 heavy (non-hydrogen) atoms.